The molecule has 1 aromatic rings. The fraction of sp³-hybridized carbons (Fsp3) is 0.636. The van der Waals surface area contributed by atoms with Gasteiger partial charge in [-0.25, -0.2) is 4.79 Å². The minimum Gasteiger partial charge on any atom is -0.490 e. The first-order valence-corrected chi connectivity index (χ1v) is 10.6. The van der Waals surface area contributed by atoms with Gasteiger partial charge >= 0.3 is 6.09 Å². The van der Waals surface area contributed by atoms with Crippen molar-refractivity contribution in [2.24, 2.45) is 4.99 Å². The second kappa shape index (κ2) is 11.5. The maximum Gasteiger partial charge on any atom is 0.407 e. The third-order valence-corrected chi connectivity index (χ3v) is 4.39. The number of piperidine rings is 1. The quantitative estimate of drug-likeness (QED) is 0.414. The lowest BCUT2D eigenvalue weighted by Crippen LogP contribution is -2.47. The van der Waals surface area contributed by atoms with Crippen LogP contribution in [-0.4, -0.2) is 61.4 Å². The van der Waals surface area contributed by atoms with E-state index in [1.807, 2.05) is 51.1 Å². The number of guanidine groups is 1. The number of hydrogen-bond acceptors (Lipinski definition) is 4. The predicted octanol–water partition coefficient (Wildman–Crippen LogP) is 3.41. The minimum atomic E-state index is -0.475. The van der Waals surface area contributed by atoms with Gasteiger partial charge in [0, 0.05) is 45.6 Å². The highest BCUT2D eigenvalue weighted by Gasteiger charge is 2.22. The lowest BCUT2D eigenvalue weighted by atomic mass is 10.1. The molecule has 2 rings (SSSR count). The third kappa shape index (κ3) is 9.07. The molecule has 0 spiro atoms. The van der Waals surface area contributed by atoms with Crippen molar-refractivity contribution in [3.8, 4) is 5.75 Å². The molecule has 1 heterocycles. The molecule has 0 aliphatic carbocycles. The lowest BCUT2D eigenvalue weighted by molar-refractivity contribution is 0.0527. The van der Waals surface area contributed by atoms with Crippen molar-refractivity contribution in [3.05, 3.63) is 30.3 Å². The Morgan fingerprint density at radius 3 is 2.48 bits per heavy atom. The molecule has 1 aromatic carbocycles. The number of para-hydroxylation sites is 1. The molecule has 1 aliphatic heterocycles. The van der Waals surface area contributed by atoms with Gasteiger partial charge in [-0.05, 0) is 46.2 Å². The van der Waals surface area contributed by atoms with Gasteiger partial charge in [0.05, 0.1) is 0 Å². The van der Waals surface area contributed by atoms with Crippen LogP contribution in [0.4, 0.5) is 4.79 Å². The smallest absolute Gasteiger partial charge is 0.407 e. The number of rotatable bonds is 7. The summed E-state index contributed by atoms with van der Waals surface area (Å²) in [5.41, 5.74) is -0.475. The minimum absolute atomic E-state index is 0.245. The van der Waals surface area contributed by atoms with E-state index in [1.54, 1.807) is 0 Å². The zero-order chi connectivity index (χ0) is 21.1. The normalized spacial score (nSPS) is 15.7. The molecule has 0 unspecified atom stereocenters. The van der Waals surface area contributed by atoms with Gasteiger partial charge in [0.2, 0.25) is 0 Å². The summed E-state index contributed by atoms with van der Waals surface area (Å²) >= 11 is 0. The Labute approximate surface area is 174 Å². The Bertz CT molecular complexity index is 635. The number of nitrogens with one attached hydrogen (secondary N) is 2. The van der Waals surface area contributed by atoms with Crippen molar-refractivity contribution >= 4 is 12.1 Å². The van der Waals surface area contributed by atoms with Gasteiger partial charge in [0.25, 0.3) is 0 Å². The van der Waals surface area contributed by atoms with E-state index in [9.17, 15) is 4.79 Å². The summed E-state index contributed by atoms with van der Waals surface area (Å²) in [5, 5.41) is 6.14. The Kier molecular flexibility index (Phi) is 9.09. The molecule has 0 bridgehead atoms. The first-order chi connectivity index (χ1) is 13.9. The fourth-order valence-electron chi connectivity index (χ4n) is 3.07. The second-order valence-electron chi connectivity index (χ2n) is 8.14. The van der Waals surface area contributed by atoms with Gasteiger partial charge in [-0.3, -0.25) is 4.99 Å². The summed E-state index contributed by atoms with van der Waals surface area (Å²) in [6.45, 7) is 11.5. The van der Waals surface area contributed by atoms with Crippen LogP contribution >= 0.6 is 0 Å². The number of amides is 1. The summed E-state index contributed by atoms with van der Waals surface area (Å²) in [6, 6.07) is 10.0. The highest BCUT2D eigenvalue weighted by Crippen LogP contribution is 2.18. The van der Waals surface area contributed by atoms with Crippen LogP contribution in [0.3, 0.4) is 0 Å². The molecule has 2 N–H and O–H groups in total. The van der Waals surface area contributed by atoms with E-state index in [-0.39, 0.29) is 12.2 Å². The molecule has 1 fully saturated rings. The number of hydrogen-bond donors (Lipinski definition) is 2. The van der Waals surface area contributed by atoms with Gasteiger partial charge in [0.15, 0.2) is 5.96 Å². The molecule has 0 aromatic heterocycles. The Hall–Kier alpha value is -2.44. The highest BCUT2D eigenvalue weighted by atomic mass is 16.6. The number of carbonyl (C=O) groups is 1. The van der Waals surface area contributed by atoms with Gasteiger partial charge in [0.1, 0.15) is 17.5 Å². The Balaban J connectivity index is 1.72. The number of benzene rings is 1. The Morgan fingerprint density at radius 2 is 1.86 bits per heavy atom. The first-order valence-electron chi connectivity index (χ1n) is 10.6. The van der Waals surface area contributed by atoms with Crippen molar-refractivity contribution in [2.45, 2.75) is 58.7 Å². The van der Waals surface area contributed by atoms with Crippen LogP contribution < -0.4 is 15.4 Å². The monoisotopic (exact) mass is 404 g/mol. The molecule has 0 radical (unpaired) electrons. The summed E-state index contributed by atoms with van der Waals surface area (Å²) in [4.78, 5) is 18.7. The number of likely N-dealkylation sites (tertiary alicyclic amines) is 1. The van der Waals surface area contributed by atoms with Crippen LogP contribution in [0.25, 0.3) is 0 Å². The van der Waals surface area contributed by atoms with Gasteiger partial charge in [-0.1, -0.05) is 18.2 Å². The number of nitrogens with zero attached hydrogens (tertiary/aromatic N) is 2. The summed E-state index contributed by atoms with van der Waals surface area (Å²) in [5.74, 6) is 1.87. The van der Waals surface area contributed by atoms with E-state index in [0.717, 1.165) is 50.6 Å². The van der Waals surface area contributed by atoms with Gasteiger partial charge in [-0.15, -0.1) is 0 Å². The van der Waals surface area contributed by atoms with Crippen molar-refractivity contribution in [1.29, 1.82) is 0 Å². The van der Waals surface area contributed by atoms with Crippen LogP contribution in [0.5, 0.6) is 5.75 Å². The standard InChI is InChI=1S/C22H36N4O3/c1-5-23-20(24-14-9-15-25-21(27)29-22(2,3)4)26-16-12-19(13-17-26)28-18-10-7-6-8-11-18/h6-8,10-11,19H,5,9,12-17H2,1-4H3,(H,23,24)(H,25,27). The van der Waals surface area contributed by atoms with Crippen LogP contribution in [0.2, 0.25) is 0 Å². The van der Waals surface area contributed by atoms with Crippen molar-refractivity contribution < 1.29 is 14.3 Å². The predicted molar refractivity (Wildman–Crippen MR) is 116 cm³/mol. The number of carbonyl (C=O) groups excluding carboxylic acids is 1. The zero-order valence-corrected chi connectivity index (χ0v) is 18.2. The molecule has 1 aliphatic rings. The van der Waals surface area contributed by atoms with E-state index in [2.05, 4.69) is 22.5 Å². The Morgan fingerprint density at radius 1 is 1.17 bits per heavy atom. The van der Waals surface area contributed by atoms with Crippen LogP contribution in [-0.2, 0) is 4.74 Å². The van der Waals surface area contributed by atoms with Crippen LogP contribution in [0, 0.1) is 0 Å². The van der Waals surface area contributed by atoms with E-state index in [1.165, 1.54) is 0 Å². The molecular weight excluding hydrogens is 368 g/mol. The molecule has 29 heavy (non-hydrogen) atoms. The molecule has 1 amide bonds. The molecular formula is C22H36N4O3. The van der Waals surface area contributed by atoms with Gasteiger partial charge in [-0.2, -0.15) is 0 Å². The molecule has 162 valence electrons. The number of alkyl carbamates (subject to hydrolysis) is 1. The van der Waals surface area contributed by atoms with E-state index in [0.29, 0.717) is 13.1 Å². The van der Waals surface area contributed by atoms with E-state index < -0.39 is 5.60 Å². The topological polar surface area (TPSA) is 75.2 Å². The van der Waals surface area contributed by atoms with Crippen molar-refractivity contribution in [3.63, 3.8) is 0 Å². The molecule has 1 saturated heterocycles. The SMILES string of the molecule is CCNC(=NCCCNC(=O)OC(C)(C)C)N1CCC(Oc2ccccc2)CC1. The summed E-state index contributed by atoms with van der Waals surface area (Å²) < 4.78 is 11.3. The maximum atomic E-state index is 11.7. The summed E-state index contributed by atoms with van der Waals surface area (Å²) in [7, 11) is 0. The van der Waals surface area contributed by atoms with Crippen molar-refractivity contribution in [2.75, 3.05) is 32.7 Å². The summed E-state index contributed by atoms with van der Waals surface area (Å²) in [6.07, 6.45) is 2.57. The lowest BCUT2D eigenvalue weighted by Gasteiger charge is -2.34. The molecule has 7 nitrogen and oxygen atoms in total. The highest BCUT2D eigenvalue weighted by molar-refractivity contribution is 5.80. The third-order valence-electron chi connectivity index (χ3n) is 4.39. The van der Waals surface area contributed by atoms with Crippen molar-refractivity contribution in [1.82, 2.24) is 15.5 Å². The maximum absolute atomic E-state index is 11.7. The average Bonchev–Trinajstić information content (AvgIpc) is 2.67. The molecule has 0 saturated carbocycles. The van der Waals surface area contributed by atoms with E-state index in [4.69, 9.17) is 14.5 Å². The average molecular weight is 405 g/mol. The van der Waals surface area contributed by atoms with Crippen LogP contribution in [0.15, 0.2) is 35.3 Å². The first kappa shape index (κ1) is 22.8. The van der Waals surface area contributed by atoms with Gasteiger partial charge < -0.3 is 25.0 Å². The number of aliphatic imine (C=N–C) groups is 1. The van der Waals surface area contributed by atoms with E-state index >= 15 is 0 Å². The largest absolute Gasteiger partial charge is 0.490 e. The molecule has 0 atom stereocenters. The zero-order valence-electron chi connectivity index (χ0n) is 18.2. The second-order valence-corrected chi connectivity index (χ2v) is 8.14. The fourth-order valence-corrected chi connectivity index (χ4v) is 3.07. The molecule has 7 heteroatoms. The number of ether oxygens (including phenoxy) is 2. The van der Waals surface area contributed by atoms with Crippen LogP contribution in [0.1, 0.15) is 47.0 Å².